The van der Waals surface area contributed by atoms with Gasteiger partial charge >= 0.3 is 0 Å². The fourth-order valence-corrected chi connectivity index (χ4v) is 2.09. The Morgan fingerprint density at radius 3 is 3.06 bits per heavy atom. The van der Waals surface area contributed by atoms with Crippen LogP contribution in [0.1, 0.15) is 28.7 Å². The van der Waals surface area contributed by atoms with Crippen LogP contribution < -0.4 is 0 Å². The van der Waals surface area contributed by atoms with Gasteiger partial charge in [0.15, 0.2) is 5.78 Å². The van der Waals surface area contributed by atoms with Crippen molar-refractivity contribution in [1.29, 1.82) is 0 Å². The molecular weight excluding hydrogens is 202 g/mol. The smallest absolute Gasteiger partial charge is 0.159 e. The number of benzene rings is 1. The number of carbonyl (C=O) groups is 1. The van der Waals surface area contributed by atoms with E-state index < -0.39 is 0 Å². The van der Waals surface area contributed by atoms with E-state index in [0.29, 0.717) is 0 Å². The number of aryl methyl sites for hydroxylation is 2. The maximum absolute atomic E-state index is 11.3. The molecule has 3 rings (SSSR count). The van der Waals surface area contributed by atoms with Crippen molar-refractivity contribution in [3.63, 3.8) is 0 Å². The van der Waals surface area contributed by atoms with Gasteiger partial charge in [0, 0.05) is 12.0 Å². The third kappa shape index (κ3) is 1.26. The maximum atomic E-state index is 11.3. The van der Waals surface area contributed by atoms with Crippen LogP contribution in [0, 0.1) is 0 Å². The number of rotatable bonds is 1. The Morgan fingerprint density at radius 2 is 2.25 bits per heavy atom. The summed E-state index contributed by atoms with van der Waals surface area (Å²) >= 11 is 0. The third-order valence-electron chi connectivity index (χ3n) is 2.95. The van der Waals surface area contributed by atoms with Gasteiger partial charge in [-0.2, -0.15) is 5.10 Å². The molecule has 0 saturated carbocycles. The minimum Gasteiger partial charge on any atom is -0.295 e. The second kappa shape index (κ2) is 3.27. The Hall–Kier alpha value is -1.97. The molecule has 0 atom stereocenters. The first kappa shape index (κ1) is 9.27. The number of ketones is 1. The van der Waals surface area contributed by atoms with Crippen LogP contribution in [0.5, 0.6) is 0 Å². The van der Waals surface area contributed by atoms with Gasteiger partial charge in [-0.1, -0.05) is 0 Å². The quantitative estimate of drug-likeness (QED) is 0.675. The molecule has 16 heavy (non-hydrogen) atoms. The molecule has 0 bridgehead atoms. The van der Waals surface area contributed by atoms with Crippen LogP contribution in [0.2, 0.25) is 0 Å². The molecular formula is C12H11N3O. The number of nitrogens with zero attached hydrogens (tertiary/aromatic N) is 3. The maximum Gasteiger partial charge on any atom is 0.159 e. The fourth-order valence-electron chi connectivity index (χ4n) is 2.09. The summed E-state index contributed by atoms with van der Waals surface area (Å²) in [7, 11) is 0. The molecule has 2 heterocycles. The van der Waals surface area contributed by atoms with Gasteiger partial charge in [-0.15, -0.1) is 0 Å². The molecule has 0 N–H and O–H groups in total. The number of Topliss-reactive ketones (excluding diaryl/α,β-unsaturated/α-hetero) is 1. The average Bonchev–Trinajstić information content (AvgIpc) is 2.76. The average molecular weight is 213 g/mol. The summed E-state index contributed by atoms with van der Waals surface area (Å²) in [6, 6.07) is 5.75. The zero-order chi connectivity index (χ0) is 11.1. The molecule has 0 unspecified atom stereocenters. The zero-order valence-electron chi connectivity index (χ0n) is 8.97. The largest absolute Gasteiger partial charge is 0.295 e. The van der Waals surface area contributed by atoms with Gasteiger partial charge in [-0.25, -0.2) is 9.67 Å². The first-order valence-corrected chi connectivity index (χ1v) is 5.29. The summed E-state index contributed by atoms with van der Waals surface area (Å²) in [4.78, 5) is 15.5. The van der Waals surface area contributed by atoms with Crippen LogP contribution in [-0.4, -0.2) is 20.5 Å². The van der Waals surface area contributed by atoms with Crippen LogP contribution in [-0.2, 0) is 12.8 Å². The first-order valence-electron chi connectivity index (χ1n) is 5.29. The molecule has 0 fully saturated rings. The Bertz CT molecular complexity index is 571. The molecule has 1 aliphatic rings. The van der Waals surface area contributed by atoms with Crippen LogP contribution >= 0.6 is 0 Å². The molecule has 4 heteroatoms. The molecule has 0 aliphatic carbocycles. The molecule has 4 nitrogen and oxygen atoms in total. The van der Waals surface area contributed by atoms with E-state index in [0.717, 1.165) is 29.9 Å². The summed E-state index contributed by atoms with van der Waals surface area (Å²) in [6.45, 7) is 1.59. The summed E-state index contributed by atoms with van der Waals surface area (Å²) < 4.78 is 1.85. The monoisotopic (exact) mass is 213 g/mol. The highest BCUT2D eigenvalue weighted by molar-refractivity contribution is 5.94. The van der Waals surface area contributed by atoms with Crippen LogP contribution in [0.15, 0.2) is 24.5 Å². The highest BCUT2D eigenvalue weighted by Gasteiger charge is 2.17. The molecule has 1 aliphatic heterocycles. The summed E-state index contributed by atoms with van der Waals surface area (Å²) in [5.74, 6) is 1.09. The van der Waals surface area contributed by atoms with Gasteiger partial charge in [-0.05, 0) is 37.1 Å². The van der Waals surface area contributed by atoms with Gasteiger partial charge in [0.05, 0.1) is 5.69 Å². The Balaban J connectivity index is 2.17. The summed E-state index contributed by atoms with van der Waals surface area (Å²) in [5.41, 5.74) is 2.98. The van der Waals surface area contributed by atoms with Crippen molar-refractivity contribution in [2.24, 2.45) is 0 Å². The SMILES string of the molecule is CC(=O)c1ccc2c(c1)CCc1ncnn1-2. The summed E-state index contributed by atoms with van der Waals surface area (Å²) in [5, 5.41) is 4.19. The molecule has 80 valence electrons. The lowest BCUT2D eigenvalue weighted by Crippen LogP contribution is -2.14. The van der Waals surface area contributed by atoms with Gasteiger partial charge in [0.25, 0.3) is 0 Å². The van der Waals surface area contributed by atoms with E-state index in [-0.39, 0.29) is 5.78 Å². The lowest BCUT2D eigenvalue weighted by atomic mass is 9.99. The van der Waals surface area contributed by atoms with Gasteiger partial charge in [0.1, 0.15) is 12.2 Å². The summed E-state index contributed by atoms with van der Waals surface area (Å²) in [6.07, 6.45) is 3.38. The van der Waals surface area contributed by atoms with Gasteiger partial charge in [-0.3, -0.25) is 4.79 Å². The van der Waals surface area contributed by atoms with Crippen LogP contribution in [0.4, 0.5) is 0 Å². The molecule has 1 aromatic heterocycles. The van der Waals surface area contributed by atoms with Gasteiger partial charge < -0.3 is 0 Å². The van der Waals surface area contributed by atoms with E-state index in [1.807, 2.05) is 22.9 Å². The van der Waals surface area contributed by atoms with E-state index in [1.54, 1.807) is 13.3 Å². The van der Waals surface area contributed by atoms with Crippen molar-refractivity contribution in [1.82, 2.24) is 14.8 Å². The lowest BCUT2D eigenvalue weighted by Gasteiger charge is -2.17. The lowest BCUT2D eigenvalue weighted by molar-refractivity contribution is 0.101. The predicted molar refractivity (Wildman–Crippen MR) is 58.8 cm³/mol. The van der Waals surface area contributed by atoms with Crippen molar-refractivity contribution >= 4 is 5.78 Å². The molecule has 0 amide bonds. The first-order chi connectivity index (χ1) is 7.75. The van der Waals surface area contributed by atoms with E-state index in [1.165, 1.54) is 5.56 Å². The standard InChI is InChI=1S/C12H11N3O/c1-8(16)9-2-4-11-10(6-9)3-5-12-13-7-14-15(11)12/h2,4,6-7H,3,5H2,1H3. The van der Waals surface area contributed by atoms with Crippen molar-refractivity contribution in [3.05, 3.63) is 41.5 Å². The molecule has 0 saturated heterocycles. The van der Waals surface area contributed by atoms with E-state index >= 15 is 0 Å². The predicted octanol–water partition coefficient (Wildman–Crippen LogP) is 1.57. The normalized spacial score (nSPS) is 13.1. The molecule has 0 radical (unpaired) electrons. The van der Waals surface area contributed by atoms with Crippen molar-refractivity contribution < 1.29 is 4.79 Å². The van der Waals surface area contributed by atoms with Crippen molar-refractivity contribution in [2.45, 2.75) is 19.8 Å². The Labute approximate surface area is 92.9 Å². The second-order valence-corrected chi connectivity index (χ2v) is 3.99. The number of hydrogen-bond acceptors (Lipinski definition) is 3. The Morgan fingerprint density at radius 1 is 1.38 bits per heavy atom. The van der Waals surface area contributed by atoms with E-state index in [9.17, 15) is 4.79 Å². The molecule has 2 aromatic rings. The van der Waals surface area contributed by atoms with Crippen molar-refractivity contribution in [3.8, 4) is 5.69 Å². The zero-order valence-corrected chi connectivity index (χ0v) is 8.97. The Kier molecular flexibility index (Phi) is 1.89. The third-order valence-corrected chi connectivity index (χ3v) is 2.95. The number of aromatic nitrogens is 3. The van der Waals surface area contributed by atoms with E-state index in [4.69, 9.17) is 0 Å². The van der Waals surface area contributed by atoms with Crippen LogP contribution in [0.3, 0.4) is 0 Å². The number of hydrogen-bond donors (Lipinski definition) is 0. The number of fused-ring (bicyclic) bond motifs is 3. The van der Waals surface area contributed by atoms with Crippen LogP contribution in [0.25, 0.3) is 5.69 Å². The number of carbonyl (C=O) groups excluding carboxylic acids is 1. The highest BCUT2D eigenvalue weighted by Crippen LogP contribution is 2.23. The van der Waals surface area contributed by atoms with Gasteiger partial charge in [0.2, 0.25) is 0 Å². The topological polar surface area (TPSA) is 47.8 Å². The minimum absolute atomic E-state index is 0.104. The molecule has 0 spiro atoms. The fraction of sp³-hybridized carbons (Fsp3) is 0.250. The minimum atomic E-state index is 0.104. The van der Waals surface area contributed by atoms with E-state index in [2.05, 4.69) is 10.1 Å². The highest BCUT2D eigenvalue weighted by atomic mass is 16.1. The molecule has 1 aromatic carbocycles. The van der Waals surface area contributed by atoms with Crippen molar-refractivity contribution in [2.75, 3.05) is 0 Å². The second-order valence-electron chi connectivity index (χ2n) is 3.99.